The highest BCUT2D eigenvalue weighted by Crippen LogP contribution is 2.32. The Balaban J connectivity index is 0.00000288. The Bertz CT molecular complexity index is 721. The molecule has 2 amide bonds. The molecule has 4 N–H and O–H groups in total. The number of thiazole rings is 1. The number of benzene rings is 1. The van der Waals surface area contributed by atoms with Crippen molar-refractivity contribution in [3.63, 3.8) is 0 Å². The third-order valence-corrected chi connectivity index (χ3v) is 4.95. The average molecular weight is 387 g/mol. The lowest BCUT2D eigenvalue weighted by Gasteiger charge is -2.10. The van der Waals surface area contributed by atoms with Crippen LogP contribution in [-0.2, 0) is 9.59 Å². The lowest BCUT2D eigenvalue weighted by Crippen LogP contribution is -2.36. The Labute approximate surface area is 155 Å². The molecule has 0 unspecified atom stereocenters. The zero-order valence-corrected chi connectivity index (χ0v) is 15.7. The van der Waals surface area contributed by atoms with Crippen LogP contribution in [0.5, 0.6) is 0 Å². The first-order chi connectivity index (χ1) is 11.0. The Morgan fingerprint density at radius 3 is 2.62 bits per heavy atom. The minimum Gasteiger partial charge on any atom is -0.346 e. The van der Waals surface area contributed by atoms with Crippen LogP contribution >= 0.6 is 35.5 Å². The molecule has 0 aliphatic rings. The van der Waals surface area contributed by atoms with E-state index in [9.17, 15) is 9.59 Å². The van der Waals surface area contributed by atoms with Crippen molar-refractivity contribution in [1.29, 1.82) is 0 Å². The zero-order chi connectivity index (χ0) is 16.8. The van der Waals surface area contributed by atoms with Crippen LogP contribution in [-0.4, -0.2) is 29.9 Å². The van der Waals surface area contributed by atoms with Gasteiger partial charge in [-0.3, -0.25) is 9.59 Å². The van der Waals surface area contributed by atoms with Crippen LogP contribution in [0, 0.1) is 13.8 Å². The summed E-state index contributed by atoms with van der Waals surface area (Å²) < 4.78 is 0.989. The highest BCUT2D eigenvalue weighted by molar-refractivity contribution is 8.01. The van der Waals surface area contributed by atoms with E-state index < -0.39 is 0 Å². The molecule has 0 aliphatic heterocycles. The second kappa shape index (κ2) is 9.63. The first kappa shape index (κ1) is 20.4. The number of nitrogens with zero attached hydrogens (tertiary/aromatic N) is 1. The highest BCUT2D eigenvalue weighted by atomic mass is 35.5. The Hall–Kier alpha value is -1.61. The van der Waals surface area contributed by atoms with Crippen molar-refractivity contribution in [3.8, 4) is 0 Å². The van der Waals surface area contributed by atoms with Crippen LogP contribution in [0.3, 0.4) is 0 Å². The molecular formula is C15H19ClN4O2S2. The fourth-order valence-electron chi connectivity index (χ4n) is 1.77. The quantitative estimate of drug-likeness (QED) is 0.708. The monoisotopic (exact) mass is 386 g/mol. The Morgan fingerprint density at radius 2 is 2.04 bits per heavy atom. The number of nitrogens with two attached hydrogens (primary N) is 1. The summed E-state index contributed by atoms with van der Waals surface area (Å²) in [6.45, 7) is 3.66. The average Bonchev–Trinajstić information content (AvgIpc) is 2.92. The van der Waals surface area contributed by atoms with E-state index >= 15 is 0 Å². The summed E-state index contributed by atoms with van der Waals surface area (Å²) in [5.74, 6) is -0.645. The minimum absolute atomic E-state index is 0. The molecule has 6 nitrogen and oxygen atoms in total. The van der Waals surface area contributed by atoms with Crippen LogP contribution in [0.1, 0.15) is 11.3 Å². The summed E-state index contributed by atoms with van der Waals surface area (Å²) in [7, 11) is 0. The molecule has 0 radical (unpaired) electrons. The van der Waals surface area contributed by atoms with Crippen LogP contribution in [0.15, 0.2) is 32.8 Å². The number of amides is 2. The van der Waals surface area contributed by atoms with Gasteiger partial charge in [0, 0.05) is 21.7 Å². The molecule has 0 saturated carbocycles. The van der Waals surface area contributed by atoms with Crippen LogP contribution in [0.4, 0.5) is 5.69 Å². The molecule has 2 rings (SSSR count). The second-order valence-corrected chi connectivity index (χ2v) is 7.04. The topological polar surface area (TPSA) is 97.1 Å². The van der Waals surface area contributed by atoms with Crippen molar-refractivity contribution in [2.45, 2.75) is 23.1 Å². The van der Waals surface area contributed by atoms with E-state index in [0.717, 1.165) is 26.2 Å². The zero-order valence-electron chi connectivity index (χ0n) is 13.3. The normalized spacial score (nSPS) is 9.96. The van der Waals surface area contributed by atoms with Gasteiger partial charge in [-0.05, 0) is 37.6 Å². The van der Waals surface area contributed by atoms with Gasteiger partial charge in [0.1, 0.15) is 0 Å². The number of hydrogen-bond acceptors (Lipinski definition) is 6. The van der Waals surface area contributed by atoms with Crippen molar-refractivity contribution >= 4 is 53.0 Å². The van der Waals surface area contributed by atoms with Crippen LogP contribution in [0.2, 0.25) is 0 Å². The van der Waals surface area contributed by atoms with Gasteiger partial charge in [0.25, 0.3) is 0 Å². The molecule has 1 aromatic carbocycles. The number of rotatable bonds is 6. The number of halogens is 1. The Kier molecular flexibility index (Phi) is 8.20. The van der Waals surface area contributed by atoms with E-state index in [2.05, 4.69) is 15.6 Å². The molecule has 130 valence electrons. The van der Waals surface area contributed by atoms with Gasteiger partial charge >= 0.3 is 0 Å². The van der Waals surface area contributed by atoms with Gasteiger partial charge in [-0.15, -0.1) is 23.7 Å². The maximum atomic E-state index is 11.8. The predicted octanol–water partition coefficient (Wildman–Crippen LogP) is 2.35. The van der Waals surface area contributed by atoms with Crippen LogP contribution < -0.4 is 16.4 Å². The van der Waals surface area contributed by atoms with E-state index in [1.165, 1.54) is 0 Å². The molecule has 0 bridgehead atoms. The van der Waals surface area contributed by atoms with Gasteiger partial charge in [-0.25, -0.2) is 4.98 Å². The SMILES string of the molecule is Cc1csc(Sc2ccc(NC(=O)CNC(=O)CN)c(C)c2)n1.Cl. The van der Waals surface area contributed by atoms with Gasteiger partial charge in [0.2, 0.25) is 11.8 Å². The van der Waals surface area contributed by atoms with Gasteiger partial charge in [-0.1, -0.05) is 11.8 Å². The fourth-order valence-corrected chi connectivity index (χ4v) is 3.67. The summed E-state index contributed by atoms with van der Waals surface area (Å²) in [6.07, 6.45) is 0. The summed E-state index contributed by atoms with van der Waals surface area (Å²) in [5, 5.41) is 7.21. The molecule has 2 aromatic rings. The van der Waals surface area contributed by atoms with Crippen molar-refractivity contribution in [1.82, 2.24) is 10.3 Å². The standard InChI is InChI=1S/C15H18N4O2S2.ClH/c1-9-5-11(23-15-18-10(2)8-22-15)3-4-12(9)19-14(21)7-17-13(20)6-16;/h3-5,8H,6-7,16H2,1-2H3,(H,17,20)(H,19,21);1H. The summed E-state index contributed by atoms with van der Waals surface area (Å²) in [5.41, 5.74) is 7.84. The molecule has 0 aliphatic carbocycles. The highest BCUT2D eigenvalue weighted by Gasteiger charge is 2.08. The largest absolute Gasteiger partial charge is 0.346 e. The second-order valence-electron chi connectivity index (χ2n) is 4.86. The molecule has 24 heavy (non-hydrogen) atoms. The van der Waals surface area contributed by atoms with Gasteiger partial charge in [0.15, 0.2) is 4.34 Å². The van der Waals surface area contributed by atoms with Gasteiger partial charge in [-0.2, -0.15) is 0 Å². The lowest BCUT2D eigenvalue weighted by molar-refractivity contribution is -0.123. The maximum Gasteiger partial charge on any atom is 0.243 e. The van der Waals surface area contributed by atoms with Crippen molar-refractivity contribution in [3.05, 3.63) is 34.8 Å². The number of aryl methyl sites for hydroxylation is 2. The van der Waals surface area contributed by atoms with Crippen LogP contribution in [0.25, 0.3) is 0 Å². The first-order valence-corrected chi connectivity index (χ1v) is 8.65. The maximum absolute atomic E-state index is 11.8. The molecule has 9 heteroatoms. The number of nitrogens with one attached hydrogen (secondary N) is 2. The molecule has 0 saturated heterocycles. The molecule has 0 spiro atoms. The van der Waals surface area contributed by atoms with E-state index in [0.29, 0.717) is 0 Å². The molecular weight excluding hydrogens is 368 g/mol. The molecule has 1 heterocycles. The minimum atomic E-state index is -0.359. The van der Waals surface area contributed by atoms with Gasteiger partial charge in [0.05, 0.1) is 13.1 Å². The predicted molar refractivity (Wildman–Crippen MR) is 100 cm³/mol. The van der Waals surface area contributed by atoms with E-state index in [1.807, 2.05) is 37.4 Å². The van der Waals surface area contributed by atoms with Crippen molar-refractivity contribution in [2.24, 2.45) is 5.73 Å². The number of hydrogen-bond donors (Lipinski definition) is 3. The summed E-state index contributed by atoms with van der Waals surface area (Å²) in [6, 6.07) is 5.78. The van der Waals surface area contributed by atoms with E-state index in [1.54, 1.807) is 23.1 Å². The lowest BCUT2D eigenvalue weighted by atomic mass is 10.2. The summed E-state index contributed by atoms with van der Waals surface area (Å²) >= 11 is 3.20. The smallest absolute Gasteiger partial charge is 0.243 e. The summed E-state index contributed by atoms with van der Waals surface area (Å²) in [4.78, 5) is 28.3. The van der Waals surface area contributed by atoms with Crippen molar-refractivity contribution in [2.75, 3.05) is 18.4 Å². The van der Waals surface area contributed by atoms with E-state index in [4.69, 9.17) is 5.73 Å². The number of carbonyl (C=O) groups is 2. The van der Waals surface area contributed by atoms with E-state index in [-0.39, 0.29) is 37.3 Å². The number of anilines is 1. The van der Waals surface area contributed by atoms with Crippen molar-refractivity contribution < 1.29 is 9.59 Å². The van der Waals surface area contributed by atoms with Gasteiger partial charge < -0.3 is 16.4 Å². The molecule has 0 atom stereocenters. The fraction of sp³-hybridized carbons (Fsp3) is 0.267. The molecule has 0 fully saturated rings. The number of carbonyl (C=O) groups excluding carboxylic acids is 2. The number of aromatic nitrogens is 1. The Morgan fingerprint density at radius 1 is 1.29 bits per heavy atom. The molecule has 1 aromatic heterocycles. The third-order valence-electron chi connectivity index (χ3n) is 2.91. The first-order valence-electron chi connectivity index (χ1n) is 6.95. The third kappa shape index (κ3) is 6.12.